The van der Waals surface area contributed by atoms with Crippen LogP contribution >= 0.6 is 0 Å². The van der Waals surface area contributed by atoms with E-state index in [1.165, 1.54) is 0 Å². The van der Waals surface area contributed by atoms with E-state index in [-0.39, 0.29) is 11.9 Å². The van der Waals surface area contributed by atoms with Gasteiger partial charge in [0.25, 0.3) is 5.91 Å². The molecule has 0 aromatic heterocycles. The largest absolute Gasteiger partial charge is 0.494 e. The fraction of sp³-hybridized carbons (Fsp3) is 0.533. The first-order valence-corrected chi connectivity index (χ1v) is 6.74. The molecule has 106 valence electrons. The lowest BCUT2D eigenvalue weighted by molar-refractivity contribution is 0.0922. The van der Waals surface area contributed by atoms with Crippen LogP contribution in [0.2, 0.25) is 0 Å². The van der Waals surface area contributed by atoms with Crippen LogP contribution in [-0.2, 0) is 0 Å². The summed E-state index contributed by atoms with van der Waals surface area (Å²) in [5, 5.41) is 12.1. The van der Waals surface area contributed by atoms with Crippen LogP contribution in [0.5, 0.6) is 5.75 Å². The first-order chi connectivity index (χ1) is 9.02. The number of ether oxygens (including phenoxy) is 1. The van der Waals surface area contributed by atoms with E-state index in [2.05, 4.69) is 5.32 Å². The highest BCUT2D eigenvalue weighted by atomic mass is 16.5. The molecule has 0 aliphatic carbocycles. The SMILES string of the molecule is CCCOc1cccc(C(=O)NC(C)CC(C)O)c1. The standard InChI is InChI=1S/C15H23NO3/c1-4-8-19-14-7-5-6-13(10-14)15(18)16-11(2)9-12(3)17/h5-7,10-12,17H,4,8-9H2,1-3H3,(H,16,18). The monoisotopic (exact) mass is 265 g/mol. The second kappa shape index (κ2) is 7.79. The first-order valence-electron chi connectivity index (χ1n) is 6.74. The Hall–Kier alpha value is -1.55. The average molecular weight is 265 g/mol. The van der Waals surface area contributed by atoms with E-state index < -0.39 is 6.10 Å². The van der Waals surface area contributed by atoms with Gasteiger partial charge >= 0.3 is 0 Å². The van der Waals surface area contributed by atoms with Crippen molar-refractivity contribution in [3.05, 3.63) is 29.8 Å². The van der Waals surface area contributed by atoms with Crippen LogP contribution in [-0.4, -0.2) is 29.8 Å². The van der Waals surface area contributed by atoms with Gasteiger partial charge < -0.3 is 15.2 Å². The molecule has 0 aliphatic heterocycles. The van der Waals surface area contributed by atoms with E-state index in [4.69, 9.17) is 4.74 Å². The number of hydrogen-bond acceptors (Lipinski definition) is 3. The number of benzene rings is 1. The smallest absolute Gasteiger partial charge is 0.251 e. The van der Waals surface area contributed by atoms with Crippen molar-refractivity contribution in [2.75, 3.05) is 6.61 Å². The number of aliphatic hydroxyl groups is 1. The predicted molar refractivity (Wildman–Crippen MR) is 75.5 cm³/mol. The van der Waals surface area contributed by atoms with Crippen LogP contribution in [0, 0.1) is 0 Å². The van der Waals surface area contributed by atoms with Gasteiger partial charge in [-0.25, -0.2) is 0 Å². The number of carbonyl (C=O) groups is 1. The van der Waals surface area contributed by atoms with Gasteiger partial charge in [0.2, 0.25) is 0 Å². The normalized spacial score (nSPS) is 13.7. The molecule has 0 saturated heterocycles. The maximum Gasteiger partial charge on any atom is 0.251 e. The Labute approximate surface area is 114 Å². The zero-order valence-electron chi connectivity index (χ0n) is 11.8. The minimum Gasteiger partial charge on any atom is -0.494 e. The lowest BCUT2D eigenvalue weighted by Gasteiger charge is -2.15. The van der Waals surface area contributed by atoms with Gasteiger partial charge in [-0.2, -0.15) is 0 Å². The molecule has 1 aromatic carbocycles. The van der Waals surface area contributed by atoms with Crippen molar-refractivity contribution in [2.45, 2.75) is 45.8 Å². The predicted octanol–water partition coefficient (Wildman–Crippen LogP) is 2.36. The van der Waals surface area contributed by atoms with Crippen molar-refractivity contribution in [3.63, 3.8) is 0 Å². The average Bonchev–Trinajstić information content (AvgIpc) is 2.35. The highest BCUT2D eigenvalue weighted by molar-refractivity contribution is 5.94. The summed E-state index contributed by atoms with van der Waals surface area (Å²) in [5.41, 5.74) is 0.575. The van der Waals surface area contributed by atoms with E-state index >= 15 is 0 Å². The van der Waals surface area contributed by atoms with Gasteiger partial charge in [-0.05, 0) is 44.9 Å². The molecule has 1 amide bonds. The molecule has 19 heavy (non-hydrogen) atoms. The second-order valence-corrected chi connectivity index (χ2v) is 4.84. The van der Waals surface area contributed by atoms with Gasteiger partial charge in [0.05, 0.1) is 12.7 Å². The summed E-state index contributed by atoms with van der Waals surface area (Å²) in [6, 6.07) is 7.07. The molecule has 1 rings (SSSR count). The summed E-state index contributed by atoms with van der Waals surface area (Å²) in [6.07, 6.45) is 1.05. The van der Waals surface area contributed by atoms with Crippen molar-refractivity contribution in [1.29, 1.82) is 0 Å². The Bertz CT molecular complexity index is 404. The van der Waals surface area contributed by atoms with E-state index in [9.17, 15) is 9.90 Å². The second-order valence-electron chi connectivity index (χ2n) is 4.84. The summed E-state index contributed by atoms with van der Waals surface area (Å²) >= 11 is 0. The highest BCUT2D eigenvalue weighted by Crippen LogP contribution is 2.14. The molecule has 2 N–H and O–H groups in total. The van der Waals surface area contributed by atoms with Gasteiger partial charge in [-0.1, -0.05) is 13.0 Å². The van der Waals surface area contributed by atoms with Crippen LogP contribution in [0.25, 0.3) is 0 Å². The molecule has 0 bridgehead atoms. The third-order valence-electron chi connectivity index (χ3n) is 2.64. The van der Waals surface area contributed by atoms with Gasteiger partial charge in [-0.3, -0.25) is 4.79 Å². The number of amides is 1. The molecule has 0 heterocycles. The summed E-state index contributed by atoms with van der Waals surface area (Å²) in [5.74, 6) is 0.563. The highest BCUT2D eigenvalue weighted by Gasteiger charge is 2.12. The van der Waals surface area contributed by atoms with E-state index in [1.807, 2.05) is 19.9 Å². The third-order valence-corrected chi connectivity index (χ3v) is 2.64. The maximum absolute atomic E-state index is 12.0. The van der Waals surface area contributed by atoms with Crippen LogP contribution in [0.3, 0.4) is 0 Å². The lowest BCUT2D eigenvalue weighted by Crippen LogP contribution is -2.34. The number of carbonyl (C=O) groups excluding carboxylic acids is 1. The van der Waals surface area contributed by atoms with E-state index in [0.717, 1.165) is 6.42 Å². The Kier molecular flexibility index (Phi) is 6.36. The fourth-order valence-corrected chi connectivity index (χ4v) is 1.82. The zero-order valence-corrected chi connectivity index (χ0v) is 11.8. The van der Waals surface area contributed by atoms with Crippen molar-refractivity contribution in [2.24, 2.45) is 0 Å². The van der Waals surface area contributed by atoms with Gasteiger partial charge in [0.15, 0.2) is 0 Å². The van der Waals surface area contributed by atoms with Crippen LogP contribution in [0.4, 0.5) is 0 Å². The molecule has 2 atom stereocenters. The van der Waals surface area contributed by atoms with Crippen LogP contribution in [0.15, 0.2) is 24.3 Å². The lowest BCUT2D eigenvalue weighted by atomic mass is 10.1. The Morgan fingerprint density at radius 3 is 2.79 bits per heavy atom. The third kappa shape index (κ3) is 5.75. The molecule has 0 saturated carbocycles. The van der Waals surface area contributed by atoms with E-state index in [0.29, 0.717) is 24.3 Å². The number of aliphatic hydroxyl groups excluding tert-OH is 1. The molecule has 2 unspecified atom stereocenters. The van der Waals surface area contributed by atoms with Crippen molar-refractivity contribution >= 4 is 5.91 Å². The molecular weight excluding hydrogens is 242 g/mol. The molecule has 4 heteroatoms. The summed E-state index contributed by atoms with van der Waals surface area (Å²) in [4.78, 5) is 12.0. The topological polar surface area (TPSA) is 58.6 Å². The Morgan fingerprint density at radius 2 is 2.16 bits per heavy atom. The molecule has 4 nitrogen and oxygen atoms in total. The van der Waals surface area contributed by atoms with E-state index in [1.54, 1.807) is 25.1 Å². The summed E-state index contributed by atoms with van der Waals surface area (Å²) < 4.78 is 5.50. The minimum absolute atomic E-state index is 0.0623. The van der Waals surface area contributed by atoms with Gasteiger partial charge in [0, 0.05) is 11.6 Å². The Morgan fingerprint density at radius 1 is 1.42 bits per heavy atom. The molecule has 0 fully saturated rings. The fourth-order valence-electron chi connectivity index (χ4n) is 1.82. The minimum atomic E-state index is -0.422. The zero-order chi connectivity index (χ0) is 14.3. The molecular formula is C15H23NO3. The van der Waals surface area contributed by atoms with Crippen LogP contribution < -0.4 is 10.1 Å². The summed E-state index contributed by atoms with van der Waals surface area (Å²) in [7, 11) is 0. The Balaban J connectivity index is 2.61. The number of hydrogen-bond donors (Lipinski definition) is 2. The number of rotatable bonds is 7. The van der Waals surface area contributed by atoms with Crippen molar-refractivity contribution in [1.82, 2.24) is 5.32 Å². The quantitative estimate of drug-likeness (QED) is 0.795. The molecule has 0 aliphatic rings. The van der Waals surface area contributed by atoms with Gasteiger partial charge in [-0.15, -0.1) is 0 Å². The van der Waals surface area contributed by atoms with Crippen molar-refractivity contribution < 1.29 is 14.6 Å². The molecule has 1 aromatic rings. The van der Waals surface area contributed by atoms with Gasteiger partial charge in [0.1, 0.15) is 5.75 Å². The molecule has 0 spiro atoms. The molecule has 0 radical (unpaired) electrons. The van der Waals surface area contributed by atoms with Crippen molar-refractivity contribution in [3.8, 4) is 5.75 Å². The van der Waals surface area contributed by atoms with Crippen LogP contribution in [0.1, 0.15) is 44.0 Å². The first kappa shape index (κ1) is 15.5. The maximum atomic E-state index is 12.0. The summed E-state index contributed by atoms with van der Waals surface area (Å²) in [6.45, 7) is 6.27. The number of nitrogens with one attached hydrogen (secondary N) is 1.